The number of aryl methyl sites for hydroxylation is 1. The second kappa shape index (κ2) is 11.4. The first-order valence-electron chi connectivity index (χ1n) is 13.0. The zero-order valence-corrected chi connectivity index (χ0v) is 23.6. The van der Waals surface area contributed by atoms with Gasteiger partial charge in [0, 0.05) is 64.0 Å². The molecule has 1 amide bonds. The second-order valence-electron chi connectivity index (χ2n) is 10.0. The number of nitrogens with one attached hydrogen (secondary N) is 2. The molecular formula is C27H31ClN10O2. The van der Waals surface area contributed by atoms with Crippen LogP contribution in [0, 0.1) is 5.92 Å². The van der Waals surface area contributed by atoms with E-state index in [1.165, 1.54) is 10.6 Å². The maximum atomic E-state index is 12.6. The van der Waals surface area contributed by atoms with Crippen LogP contribution in [-0.4, -0.2) is 67.5 Å². The average Bonchev–Trinajstić information content (AvgIpc) is 2.97. The molecule has 0 spiro atoms. The standard InChI is InChI=1S/C27H31ClN10O2/c1-16(23-29-8-5-9-30-23)33-21-13-22(39)37(4)25-19(21)12-18(14-31-25)34-24-20(28)15-32-27(35-24)38-10-6-17(7-11-38)26(40)36(2)3/h5,8-9,12-17,33H,6-7,10-11H2,1-4H3,(H,32,34,35). The van der Waals surface area contributed by atoms with Crippen molar-refractivity contribution in [3.8, 4) is 0 Å². The Morgan fingerprint density at radius 2 is 1.82 bits per heavy atom. The summed E-state index contributed by atoms with van der Waals surface area (Å²) in [5.74, 6) is 1.74. The molecule has 208 valence electrons. The van der Waals surface area contributed by atoms with Crippen molar-refractivity contribution in [3.05, 3.63) is 64.2 Å². The lowest BCUT2D eigenvalue weighted by Gasteiger charge is -2.32. The molecule has 13 heteroatoms. The molecule has 2 N–H and O–H groups in total. The SMILES string of the molecule is CC(Nc1cc(=O)n(C)c2ncc(Nc3nc(N4CCC(C(=O)N(C)C)CC4)ncc3Cl)cc12)c1ncccn1. The van der Waals surface area contributed by atoms with Crippen LogP contribution in [0.3, 0.4) is 0 Å². The topological polar surface area (TPSA) is 134 Å². The molecule has 1 aliphatic rings. The van der Waals surface area contributed by atoms with E-state index in [9.17, 15) is 9.59 Å². The Morgan fingerprint density at radius 3 is 2.52 bits per heavy atom. The Hall–Kier alpha value is -4.32. The first-order valence-corrected chi connectivity index (χ1v) is 13.4. The third-order valence-electron chi connectivity index (χ3n) is 6.98. The van der Waals surface area contributed by atoms with Crippen LogP contribution in [0.25, 0.3) is 11.0 Å². The zero-order valence-electron chi connectivity index (χ0n) is 22.8. The molecule has 4 aromatic heterocycles. The van der Waals surface area contributed by atoms with Crippen LogP contribution in [0.5, 0.6) is 0 Å². The summed E-state index contributed by atoms with van der Waals surface area (Å²) in [5, 5.41) is 7.70. The summed E-state index contributed by atoms with van der Waals surface area (Å²) in [6.45, 7) is 3.28. The molecule has 1 unspecified atom stereocenters. The van der Waals surface area contributed by atoms with Gasteiger partial charge in [-0.15, -0.1) is 0 Å². The molecule has 4 aromatic rings. The van der Waals surface area contributed by atoms with Crippen LogP contribution in [-0.2, 0) is 11.8 Å². The minimum atomic E-state index is -0.246. The van der Waals surface area contributed by atoms with Gasteiger partial charge in [-0.2, -0.15) is 4.98 Å². The van der Waals surface area contributed by atoms with Crippen LogP contribution in [0.2, 0.25) is 5.02 Å². The molecule has 1 fully saturated rings. The molecule has 5 heterocycles. The maximum absolute atomic E-state index is 12.6. The molecule has 5 rings (SSSR count). The Labute approximate surface area is 236 Å². The van der Waals surface area contributed by atoms with E-state index in [4.69, 9.17) is 11.6 Å². The van der Waals surface area contributed by atoms with Gasteiger partial charge in [0.25, 0.3) is 5.56 Å². The summed E-state index contributed by atoms with van der Waals surface area (Å²) in [6.07, 6.45) is 8.03. The van der Waals surface area contributed by atoms with Crippen LogP contribution in [0.1, 0.15) is 31.6 Å². The predicted octanol–water partition coefficient (Wildman–Crippen LogP) is 3.39. The van der Waals surface area contributed by atoms with E-state index in [2.05, 4.69) is 40.5 Å². The minimum Gasteiger partial charge on any atom is -0.375 e. The van der Waals surface area contributed by atoms with Crippen molar-refractivity contribution >= 4 is 51.7 Å². The fourth-order valence-electron chi connectivity index (χ4n) is 4.77. The highest BCUT2D eigenvalue weighted by atomic mass is 35.5. The van der Waals surface area contributed by atoms with E-state index < -0.39 is 0 Å². The summed E-state index contributed by atoms with van der Waals surface area (Å²) >= 11 is 6.47. The third kappa shape index (κ3) is 5.67. The second-order valence-corrected chi connectivity index (χ2v) is 10.4. The van der Waals surface area contributed by atoms with Gasteiger partial charge >= 0.3 is 0 Å². The van der Waals surface area contributed by atoms with Crippen LogP contribution in [0.4, 0.5) is 23.1 Å². The number of rotatable bonds is 7. The van der Waals surface area contributed by atoms with Crippen molar-refractivity contribution in [2.75, 3.05) is 42.7 Å². The highest BCUT2D eigenvalue weighted by molar-refractivity contribution is 6.32. The Kier molecular flexibility index (Phi) is 7.78. The molecule has 40 heavy (non-hydrogen) atoms. The Bertz CT molecular complexity index is 1590. The summed E-state index contributed by atoms with van der Waals surface area (Å²) < 4.78 is 1.49. The molecule has 1 saturated heterocycles. The highest BCUT2D eigenvalue weighted by Crippen LogP contribution is 2.30. The summed E-state index contributed by atoms with van der Waals surface area (Å²) in [6, 6.07) is 4.93. The molecule has 0 saturated carbocycles. The number of amides is 1. The monoisotopic (exact) mass is 562 g/mol. The molecule has 1 atom stereocenters. The molecular weight excluding hydrogens is 532 g/mol. The number of piperidine rings is 1. The fourth-order valence-corrected chi connectivity index (χ4v) is 4.91. The fraction of sp³-hybridized carbons (Fsp3) is 0.370. The van der Waals surface area contributed by atoms with Gasteiger partial charge in [0.1, 0.15) is 16.5 Å². The largest absolute Gasteiger partial charge is 0.375 e. The number of nitrogens with zero attached hydrogens (tertiary/aromatic N) is 8. The normalized spacial score (nSPS) is 14.7. The van der Waals surface area contributed by atoms with E-state index in [1.807, 2.05) is 13.0 Å². The molecule has 0 radical (unpaired) electrons. The van der Waals surface area contributed by atoms with E-state index in [-0.39, 0.29) is 23.4 Å². The van der Waals surface area contributed by atoms with E-state index in [0.29, 0.717) is 52.7 Å². The molecule has 0 aromatic carbocycles. The van der Waals surface area contributed by atoms with Crippen molar-refractivity contribution < 1.29 is 4.79 Å². The number of carbonyl (C=O) groups is 1. The van der Waals surface area contributed by atoms with Crippen molar-refractivity contribution in [1.82, 2.24) is 34.4 Å². The maximum Gasteiger partial charge on any atom is 0.253 e. The Morgan fingerprint density at radius 1 is 1.10 bits per heavy atom. The minimum absolute atomic E-state index is 0.00904. The first-order chi connectivity index (χ1) is 19.2. The van der Waals surface area contributed by atoms with Crippen LogP contribution >= 0.6 is 11.6 Å². The van der Waals surface area contributed by atoms with Gasteiger partial charge in [-0.1, -0.05) is 11.6 Å². The quantitative estimate of drug-likeness (QED) is 0.345. The van der Waals surface area contributed by atoms with Crippen molar-refractivity contribution in [2.45, 2.75) is 25.8 Å². The zero-order chi connectivity index (χ0) is 28.4. The van der Waals surface area contributed by atoms with Gasteiger partial charge < -0.3 is 20.4 Å². The molecule has 12 nitrogen and oxygen atoms in total. The van der Waals surface area contributed by atoms with Gasteiger partial charge in [0.2, 0.25) is 11.9 Å². The van der Waals surface area contributed by atoms with Gasteiger partial charge in [0.15, 0.2) is 5.82 Å². The number of halogens is 1. The highest BCUT2D eigenvalue weighted by Gasteiger charge is 2.27. The first kappa shape index (κ1) is 27.3. The number of hydrogen-bond acceptors (Lipinski definition) is 10. The number of pyridine rings is 2. The van der Waals surface area contributed by atoms with Crippen LogP contribution in [0.15, 0.2) is 47.8 Å². The number of carbonyl (C=O) groups excluding carboxylic acids is 1. The van der Waals surface area contributed by atoms with E-state index >= 15 is 0 Å². The summed E-state index contributed by atoms with van der Waals surface area (Å²) in [4.78, 5) is 51.0. The number of anilines is 4. The molecule has 1 aliphatic heterocycles. The smallest absolute Gasteiger partial charge is 0.253 e. The third-order valence-corrected chi connectivity index (χ3v) is 7.26. The van der Waals surface area contributed by atoms with Gasteiger partial charge in [-0.25, -0.2) is 19.9 Å². The lowest BCUT2D eigenvalue weighted by molar-refractivity contribution is -0.133. The van der Waals surface area contributed by atoms with Gasteiger partial charge in [0.05, 0.1) is 29.8 Å². The predicted molar refractivity (Wildman–Crippen MR) is 155 cm³/mol. The summed E-state index contributed by atoms with van der Waals surface area (Å²) in [5.41, 5.74) is 1.58. The Balaban J connectivity index is 1.40. The number of aromatic nitrogens is 6. The molecule has 0 bridgehead atoms. The summed E-state index contributed by atoms with van der Waals surface area (Å²) in [7, 11) is 5.25. The molecule has 0 aliphatic carbocycles. The number of fused-ring (bicyclic) bond motifs is 1. The van der Waals surface area contributed by atoms with Gasteiger partial charge in [-0.3, -0.25) is 14.2 Å². The lowest BCUT2D eigenvalue weighted by Crippen LogP contribution is -2.40. The van der Waals surface area contributed by atoms with E-state index in [0.717, 1.165) is 18.2 Å². The average molecular weight is 563 g/mol. The van der Waals surface area contributed by atoms with Gasteiger partial charge in [-0.05, 0) is 31.9 Å². The van der Waals surface area contributed by atoms with Crippen LogP contribution < -0.4 is 21.1 Å². The lowest BCUT2D eigenvalue weighted by atomic mass is 9.96. The van der Waals surface area contributed by atoms with Crippen molar-refractivity contribution in [3.63, 3.8) is 0 Å². The van der Waals surface area contributed by atoms with Crippen molar-refractivity contribution in [1.29, 1.82) is 0 Å². The number of hydrogen-bond donors (Lipinski definition) is 2. The van der Waals surface area contributed by atoms with E-state index in [1.54, 1.807) is 56.9 Å². The van der Waals surface area contributed by atoms with Crippen molar-refractivity contribution in [2.24, 2.45) is 13.0 Å².